The molecule has 1 aliphatic rings. The molecule has 336 valence electrons. The summed E-state index contributed by atoms with van der Waals surface area (Å²) in [7, 11) is 0. The molecule has 5 heterocycles. The van der Waals surface area contributed by atoms with Gasteiger partial charge in [0, 0.05) is 51.0 Å². The molecule has 6 heteroatoms. The predicted octanol–water partition coefficient (Wildman–Crippen LogP) is 16.1. The molecule has 14 rings (SSSR count). The summed E-state index contributed by atoms with van der Waals surface area (Å²) in [5.41, 5.74) is 19.1. The monoisotopic (exact) mass is 918 g/mol. The Morgan fingerprint density at radius 2 is 0.722 bits per heavy atom. The van der Waals surface area contributed by atoms with Crippen molar-refractivity contribution in [2.24, 2.45) is 0 Å². The van der Waals surface area contributed by atoms with Gasteiger partial charge in [-0.3, -0.25) is 9.97 Å². The van der Waals surface area contributed by atoms with Crippen LogP contribution in [0.1, 0.15) is 11.1 Å². The highest BCUT2D eigenvalue weighted by atomic mass is 14.9. The van der Waals surface area contributed by atoms with Crippen LogP contribution >= 0.6 is 0 Å². The van der Waals surface area contributed by atoms with Crippen LogP contribution in [0.25, 0.3) is 133 Å². The number of fused-ring (bicyclic) bond motifs is 8. The first-order valence-electron chi connectivity index (χ1n) is 24.4. The topological polar surface area (TPSA) is 77.3 Å². The van der Waals surface area contributed by atoms with Gasteiger partial charge in [0.2, 0.25) is 0 Å². The average molecular weight is 919 g/mol. The third-order valence-electron chi connectivity index (χ3n) is 14.2. The fraction of sp³-hybridized carbons (Fsp3) is 0.0303. The molecular formula is C66H42N6. The zero-order valence-electron chi connectivity index (χ0n) is 39.0. The van der Waals surface area contributed by atoms with Crippen LogP contribution in [0.15, 0.2) is 231 Å². The molecule has 0 bridgehead atoms. The summed E-state index contributed by atoms with van der Waals surface area (Å²) in [5, 5.41) is 6.84. The number of aryl methyl sites for hydroxylation is 2. The Balaban J connectivity index is 0.903. The molecule has 0 radical (unpaired) electrons. The number of nitrogens with zero attached hydrogens (tertiary/aromatic N) is 6. The van der Waals surface area contributed by atoms with Crippen LogP contribution in [0, 0.1) is 0 Å². The number of aromatic nitrogens is 6. The first kappa shape index (κ1) is 41.5. The van der Waals surface area contributed by atoms with E-state index in [1.807, 2.05) is 24.5 Å². The number of rotatable bonds is 7. The minimum Gasteiger partial charge on any atom is -0.254 e. The van der Waals surface area contributed by atoms with Gasteiger partial charge in [0.1, 0.15) is 0 Å². The molecule has 8 aromatic carbocycles. The van der Waals surface area contributed by atoms with E-state index in [0.717, 1.165) is 130 Å². The van der Waals surface area contributed by atoms with Crippen molar-refractivity contribution < 1.29 is 0 Å². The molecule has 13 aromatic rings. The van der Waals surface area contributed by atoms with Crippen LogP contribution in [-0.4, -0.2) is 29.9 Å². The minimum absolute atomic E-state index is 0.647. The quantitative estimate of drug-likeness (QED) is 0.148. The van der Waals surface area contributed by atoms with E-state index in [1.165, 1.54) is 21.9 Å². The second-order valence-corrected chi connectivity index (χ2v) is 18.7. The summed E-state index contributed by atoms with van der Waals surface area (Å²) in [6, 6.07) is 77.5. The lowest BCUT2D eigenvalue weighted by molar-refractivity contribution is 0.913. The van der Waals surface area contributed by atoms with Gasteiger partial charge in [0.05, 0.1) is 45.2 Å². The maximum Gasteiger partial charge on any atom is 0.160 e. The van der Waals surface area contributed by atoms with E-state index in [0.29, 0.717) is 5.82 Å². The Morgan fingerprint density at radius 3 is 1.38 bits per heavy atom. The van der Waals surface area contributed by atoms with E-state index in [1.54, 1.807) is 0 Å². The van der Waals surface area contributed by atoms with Gasteiger partial charge in [-0.25, -0.2) is 19.9 Å². The largest absolute Gasteiger partial charge is 0.254 e. The van der Waals surface area contributed by atoms with Crippen LogP contribution in [0.3, 0.4) is 0 Å². The highest BCUT2D eigenvalue weighted by Gasteiger charge is 2.20. The lowest BCUT2D eigenvalue weighted by Gasteiger charge is -2.18. The van der Waals surface area contributed by atoms with Gasteiger partial charge in [-0.15, -0.1) is 0 Å². The zero-order chi connectivity index (χ0) is 47.5. The number of hydrogen-bond donors (Lipinski definition) is 0. The Kier molecular flexibility index (Phi) is 9.88. The molecule has 0 amide bonds. The van der Waals surface area contributed by atoms with Gasteiger partial charge < -0.3 is 0 Å². The maximum absolute atomic E-state index is 5.41. The maximum atomic E-state index is 5.41. The van der Waals surface area contributed by atoms with Crippen LogP contribution in [-0.2, 0) is 12.8 Å². The fourth-order valence-electron chi connectivity index (χ4n) is 10.4. The minimum atomic E-state index is 0.647. The normalized spacial score (nSPS) is 12.1. The van der Waals surface area contributed by atoms with Gasteiger partial charge >= 0.3 is 0 Å². The third-order valence-corrected chi connectivity index (χ3v) is 14.2. The van der Waals surface area contributed by atoms with Crippen molar-refractivity contribution in [3.05, 3.63) is 242 Å². The van der Waals surface area contributed by atoms with E-state index in [4.69, 9.17) is 29.9 Å². The lowest BCUT2D eigenvalue weighted by atomic mass is 9.92. The number of pyridine rings is 4. The SMILES string of the molecule is c1cnc2c(c1)CCc1ccc(-c3ccc(-c4cc(-c5ccc(-c6ccc7ccc8cccnc8c7n6)cc5)cc(-c5nc(-c6ccc7ccccc7c6)cc(-c6ccc7ccccc7c6)n5)c4)cc3)nc1-2. The summed E-state index contributed by atoms with van der Waals surface area (Å²) in [5.74, 6) is 0.647. The van der Waals surface area contributed by atoms with Gasteiger partial charge in [0.25, 0.3) is 0 Å². The van der Waals surface area contributed by atoms with Crippen LogP contribution in [0.2, 0.25) is 0 Å². The molecule has 0 spiro atoms. The molecule has 0 saturated carbocycles. The molecule has 0 N–H and O–H groups in total. The second kappa shape index (κ2) is 17.2. The molecule has 5 aromatic heterocycles. The van der Waals surface area contributed by atoms with Crippen molar-refractivity contribution >= 4 is 43.4 Å². The molecule has 0 fully saturated rings. The molecule has 0 aliphatic heterocycles. The van der Waals surface area contributed by atoms with Crippen molar-refractivity contribution in [2.45, 2.75) is 12.8 Å². The van der Waals surface area contributed by atoms with Gasteiger partial charge in [-0.2, -0.15) is 0 Å². The van der Waals surface area contributed by atoms with Crippen molar-refractivity contribution in [1.29, 1.82) is 0 Å². The van der Waals surface area contributed by atoms with Crippen LogP contribution in [0.4, 0.5) is 0 Å². The Morgan fingerprint density at radius 1 is 0.250 bits per heavy atom. The second-order valence-electron chi connectivity index (χ2n) is 18.7. The number of benzene rings is 8. The molecule has 0 atom stereocenters. The first-order chi connectivity index (χ1) is 35.6. The van der Waals surface area contributed by atoms with Crippen molar-refractivity contribution in [2.75, 3.05) is 0 Å². The standard InChI is InChI=1S/C66H42N6/c1-3-9-51-35-53(27-17-41(51)7-1)60-40-61(54-28-18-42-8-2-4-10-52(42)36-54)72-66(71-60)57-38-55(43-13-19-45(20-14-43)58-31-29-49-25-23-47-11-5-33-67-62(47)64(49)69-58)37-56(39-57)44-15-21-46(22-16-44)59-32-30-50-26-24-48-12-6-34-68-63(48)65(50)70-59/h1-23,25,27-40H,24,26H2. The summed E-state index contributed by atoms with van der Waals surface area (Å²) >= 11 is 0. The third kappa shape index (κ3) is 7.54. The fourth-order valence-corrected chi connectivity index (χ4v) is 10.4. The highest BCUT2D eigenvalue weighted by molar-refractivity contribution is 6.03. The molecule has 72 heavy (non-hydrogen) atoms. The Hall–Kier alpha value is -9.52. The van der Waals surface area contributed by atoms with Crippen molar-refractivity contribution in [3.63, 3.8) is 0 Å². The van der Waals surface area contributed by atoms with E-state index in [-0.39, 0.29) is 0 Å². The predicted molar refractivity (Wildman–Crippen MR) is 294 cm³/mol. The van der Waals surface area contributed by atoms with Crippen molar-refractivity contribution in [1.82, 2.24) is 29.9 Å². The smallest absolute Gasteiger partial charge is 0.160 e. The molecule has 1 aliphatic carbocycles. The Bertz CT molecular complexity index is 4180. The highest BCUT2D eigenvalue weighted by Crippen LogP contribution is 2.38. The van der Waals surface area contributed by atoms with Gasteiger partial charge in [-0.05, 0) is 128 Å². The summed E-state index contributed by atoms with van der Waals surface area (Å²) in [4.78, 5) is 30.6. The van der Waals surface area contributed by atoms with Crippen LogP contribution < -0.4 is 0 Å². The Labute approximate surface area is 416 Å². The van der Waals surface area contributed by atoms with E-state index >= 15 is 0 Å². The average Bonchev–Trinajstić information content (AvgIpc) is 3.46. The summed E-state index contributed by atoms with van der Waals surface area (Å²) in [6.07, 6.45) is 5.65. The van der Waals surface area contributed by atoms with Gasteiger partial charge in [-0.1, -0.05) is 158 Å². The van der Waals surface area contributed by atoms with Crippen molar-refractivity contribution in [3.8, 4) is 90.1 Å². The summed E-state index contributed by atoms with van der Waals surface area (Å²) < 4.78 is 0. The first-order valence-corrected chi connectivity index (χ1v) is 24.4. The van der Waals surface area contributed by atoms with Crippen LogP contribution in [0.5, 0.6) is 0 Å². The molecular weight excluding hydrogens is 877 g/mol. The van der Waals surface area contributed by atoms with E-state index < -0.39 is 0 Å². The van der Waals surface area contributed by atoms with Gasteiger partial charge in [0.15, 0.2) is 5.82 Å². The summed E-state index contributed by atoms with van der Waals surface area (Å²) in [6.45, 7) is 0. The molecule has 0 unspecified atom stereocenters. The zero-order valence-corrected chi connectivity index (χ0v) is 39.0. The molecule has 6 nitrogen and oxygen atoms in total. The number of hydrogen-bond acceptors (Lipinski definition) is 6. The lowest BCUT2D eigenvalue weighted by Crippen LogP contribution is -2.07. The van der Waals surface area contributed by atoms with E-state index in [9.17, 15) is 0 Å². The van der Waals surface area contributed by atoms with E-state index in [2.05, 4.69) is 206 Å². The molecule has 0 saturated heterocycles.